The molecule has 0 fully saturated rings. The highest BCUT2D eigenvalue weighted by molar-refractivity contribution is 5.18. The lowest BCUT2D eigenvalue weighted by Gasteiger charge is -2.22. The monoisotopic (exact) mass is 245 g/mol. The van der Waals surface area contributed by atoms with Gasteiger partial charge >= 0.3 is 0 Å². The Kier molecular flexibility index (Phi) is 5.47. The molecule has 0 aromatic heterocycles. The first-order chi connectivity index (χ1) is 8.08. The van der Waals surface area contributed by atoms with Crippen LogP contribution in [-0.4, -0.2) is 26.6 Å². The minimum absolute atomic E-state index is 0.102. The van der Waals surface area contributed by atoms with E-state index in [2.05, 4.69) is 5.32 Å². The lowest BCUT2D eigenvalue weighted by atomic mass is 10.2. The predicted molar refractivity (Wildman–Crippen MR) is 60.5 cm³/mol. The first kappa shape index (κ1) is 14.0. The van der Waals surface area contributed by atoms with E-state index >= 15 is 0 Å². The van der Waals surface area contributed by atoms with Crippen LogP contribution in [0.4, 0.5) is 8.78 Å². The zero-order chi connectivity index (χ0) is 12.8. The molecule has 17 heavy (non-hydrogen) atoms. The number of methoxy groups -OCH3 is 2. The van der Waals surface area contributed by atoms with Crippen LogP contribution in [0.15, 0.2) is 18.2 Å². The Labute approximate surface area is 99.7 Å². The number of benzene rings is 1. The summed E-state index contributed by atoms with van der Waals surface area (Å²) in [5, 5.41) is 3.05. The molecule has 96 valence electrons. The maximum atomic E-state index is 13.3. The van der Waals surface area contributed by atoms with E-state index in [0.717, 1.165) is 6.07 Å². The van der Waals surface area contributed by atoms with Gasteiger partial charge in [0.1, 0.15) is 11.6 Å². The third-order valence-corrected chi connectivity index (χ3v) is 2.50. The minimum Gasteiger partial charge on any atom is -0.354 e. The number of rotatable bonds is 6. The van der Waals surface area contributed by atoms with Gasteiger partial charge in [-0.1, -0.05) is 6.07 Å². The zero-order valence-corrected chi connectivity index (χ0v) is 10.2. The highest BCUT2D eigenvalue weighted by Crippen LogP contribution is 2.10. The van der Waals surface area contributed by atoms with E-state index in [1.165, 1.54) is 26.4 Å². The van der Waals surface area contributed by atoms with E-state index in [1.54, 1.807) is 0 Å². The number of nitrogens with one attached hydrogen (secondary N) is 1. The summed E-state index contributed by atoms with van der Waals surface area (Å²) in [4.78, 5) is 0. The molecule has 0 aliphatic carbocycles. The van der Waals surface area contributed by atoms with Crippen LogP contribution in [0.1, 0.15) is 12.5 Å². The van der Waals surface area contributed by atoms with Crippen molar-refractivity contribution < 1.29 is 18.3 Å². The van der Waals surface area contributed by atoms with Crippen molar-refractivity contribution in [2.75, 3.05) is 14.2 Å². The van der Waals surface area contributed by atoms with Crippen LogP contribution < -0.4 is 5.32 Å². The Hall–Kier alpha value is -1.04. The summed E-state index contributed by atoms with van der Waals surface area (Å²) in [7, 11) is 3.07. The molecule has 0 amide bonds. The lowest BCUT2D eigenvalue weighted by molar-refractivity contribution is -0.119. The molecule has 0 saturated carbocycles. The minimum atomic E-state index is -0.578. The van der Waals surface area contributed by atoms with Crippen molar-refractivity contribution in [3.05, 3.63) is 35.4 Å². The Morgan fingerprint density at radius 3 is 2.41 bits per heavy atom. The Bertz CT molecular complexity index is 356. The molecule has 0 heterocycles. The highest BCUT2D eigenvalue weighted by Gasteiger charge is 2.15. The van der Waals surface area contributed by atoms with E-state index in [1.807, 2.05) is 6.92 Å². The summed E-state index contributed by atoms with van der Waals surface area (Å²) in [5.74, 6) is -1.14. The van der Waals surface area contributed by atoms with E-state index in [0.29, 0.717) is 5.56 Å². The van der Waals surface area contributed by atoms with E-state index in [9.17, 15) is 8.78 Å². The summed E-state index contributed by atoms with van der Waals surface area (Å²) in [6.45, 7) is 2.15. The van der Waals surface area contributed by atoms with Gasteiger partial charge in [-0.2, -0.15) is 0 Å². The Morgan fingerprint density at radius 2 is 1.88 bits per heavy atom. The number of ether oxygens (including phenoxy) is 2. The molecule has 0 spiro atoms. The van der Waals surface area contributed by atoms with Gasteiger partial charge in [0.05, 0.1) is 6.04 Å². The standard InChI is InChI=1S/C12H17F2NO2/c1-8(12(16-2)17-3)15-7-9-4-5-10(13)6-11(9)14/h4-6,8,12,15H,7H2,1-3H3. The van der Waals surface area contributed by atoms with Gasteiger partial charge in [-0.15, -0.1) is 0 Å². The molecule has 0 aliphatic rings. The average molecular weight is 245 g/mol. The SMILES string of the molecule is COC(OC)C(C)NCc1ccc(F)cc1F. The molecule has 1 rings (SSSR count). The van der Waals surface area contributed by atoms with Gasteiger partial charge in [0.15, 0.2) is 6.29 Å². The summed E-state index contributed by atoms with van der Waals surface area (Å²) in [5.41, 5.74) is 0.407. The molecule has 1 aromatic rings. The average Bonchev–Trinajstić information content (AvgIpc) is 2.29. The van der Waals surface area contributed by atoms with Crippen molar-refractivity contribution in [1.82, 2.24) is 5.32 Å². The molecular weight excluding hydrogens is 228 g/mol. The second kappa shape index (κ2) is 6.64. The molecule has 3 nitrogen and oxygen atoms in total. The predicted octanol–water partition coefficient (Wildman–Crippen LogP) is 2.06. The summed E-state index contributed by atoms with van der Waals surface area (Å²) in [6.07, 6.45) is -0.404. The molecule has 0 aliphatic heterocycles. The van der Waals surface area contributed by atoms with Gasteiger partial charge in [-0.3, -0.25) is 0 Å². The number of halogens is 2. The molecule has 1 aromatic carbocycles. The largest absolute Gasteiger partial charge is 0.354 e. The summed E-state index contributed by atoms with van der Waals surface area (Å²) in [6, 6.07) is 3.41. The zero-order valence-electron chi connectivity index (χ0n) is 10.2. The van der Waals surface area contributed by atoms with E-state index in [4.69, 9.17) is 9.47 Å². The van der Waals surface area contributed by atoms with Gasteiger partial charge in [0, 0.05) is 32.4 Å². The summed E-state index contributed by atoms with van der Waals surface area (Å²) >= 11 is 0. The molecule has 1 N–H and O–H groups in total. The van der Waals surface area contributed by atoms with Crippen LogP contribution in [0.25, 0.3) is 0 Å². The molecule has 0 radical (unpaired) electrons. The maximum absolute atomic E-state index is 13.3. The van der Waals surface area contributed by atoms with E-state index < -0.39 is 17.9 Å². The lowest BCUT2D eigenvalue weighted by Crippen LogP contribution is -2.39. The normalized spacial score (nSPS) is 13.1. The fourth-order valence-electron chi connectivity index (χ4n) is 1.54. The Morgan fingerprint density at radius 1 is 1.24 bits per heavy atom. The van der Waals surface area contributed by atoms with Gasteiger partial charge in [-0.05, 0) is 13.0 Å². The van der Waals surface area contributed by atoms with Crippen LogP contribution in [0, 0.1) is 11.6 Å². The van der Waals surface area contributed by atoms with Crippen molar-refractivity contribution in [1.29, 1.82) is 0 Å². The van der Waals surface area contributed by atoms with Crippen LogP contribution in [-0.2, 0) is 16.0 Å². The van der Waals surface area contributed by atoms with Crippen LogP contribution in [0.5, 0.6) is 0 Å². The topological polar surface area (TPSA) is 30.5 Å². The molecule has 1 atom stereocenters. The molecule has 1 unspecified atom stereocenters. The number of hydrogen-bond acceptors (Lipinski definition) is 3. The number of hydrogen-bond donors (Lipinski definition) is 1. The smallest absolute Gasteiger partial charge is 0.171 e. The summed E-state index contributed by atoms with van der Waals surface area (Å²) < 4.78 is 36.1. The second-order valence-electron chi connectivity index (χ2n) is 3.75. The third kappa shape index (κ3) is 4.03. The van der Waals surface area contributed by atoms with Gasteiger partial charge in [0.2, 0.25) is 0 Å². The third-order valence-electron chi connectivity index (χ3n) is 2.50. The second-order valence-corrected chi connectivity index (χ2v) is 3.75. The fraction of sp³-hybridized carbons (Fsp3) is 0.500. The maximum Gasteiger partial charge on any atom is 0.171 e. The van der Waals surface area contributed by atoms with Crippen molar-refractivity contribution in [2.24, 2.45) is 0 Å². The molecule has 0 bridgehead atoms. The van der Waals surface area contributed by atoms with Crippen molar-refractivity contribution in [3.8, 4) is 0 Å². The van der Waals surface area contributed by atoms with E-state index in [-0.39, 0.29) is 12.6 Å². The van der Waals surface area contributed by atoms with Crippen molar-refractivity contribution in [3.63, 3.8) is 0 Å². The highest BCUT2D eigenvalue weighted by atomic mass is 19.1. The van der Waals surface area contributed by atoms with Gasteiger partial charge < -0.3 is 14.8 Å². The van der Waals surface area contributed by atoms with Gasteiger partial charge in [-0.25, -0.2) is 8.78 Å². The molecular formula is C12H17F2NO2. The van der Waals surface area contributed by atoms with Crippen LogP contribution in [0.2, 0.25) is 0 Å². The first-order valence-corrected chi connectivity index (χ1v) is 5.31. The fourth-order valence-corrected chi connectivity index (χ4v) is 1.54. The van der Waals surface area contributed by atoms with Gasteiger partial charge in [0.25, 0.3) is 0 Å². The van der Waals surface area contributed by atoms with Crippen LogP contribution >= 0.6 is 0 Å². The molecule has 5 heteroatoms. The van der Waals surface area contributed by atoms with Crippen molar-refractivity contribution >= 4 is 0 Å². The first-order valence-electron chi connectivity index (χ1n) is 5.31. The quantitative estimate of drug-likeness (QED) is 0.778. The Balaban J connectivity index is 2.55. The molecule has 0 saturated heterocycles. The van der Waals surface area contributed by atoms with Crippen LogP contribution in [0.3, 0.4) is 0 Å². The van der Waals surface area contributed by atoms with Crippen molar-refractivity contribution in [2.45, 2.75) is 25.8 Å².